The number of nitrogens with one attached hydrogen (secondary N) is 2. The Hall–Kier alpha value is -1.66. The minimum absolute atomic E-state index is 0.000235. The number of amides is 2. The van der Waals surface area contributed by atoms with Gasteiger partial charge in [0.25, 0.3) is 5.91 Å². The Morgan fingerprint density at radius 1 is 1.47 bits per heavy atom. The topological polar surface area (TPSA) is 59.8 Å². The van der Waals surface area contributed by atoms with Crippen molar-refractivity contribution in [1.82, 2.24) is 5.32 Å². The Bertz CT molecular complexity index is 462. The van der Waals surface area contributed by atoms with Gasteiger partial charge >= 0.3 is 6.09 Å². The highest BCUT2D eigenvalue weighted by molar-refractivity contribution is 6.31. The maximum Gasteiger partial charge on any atom is 0.413 e. The van der Waals surface area contributed by atoms with E-state index in [1.807, 2.05) is 5.32 Å². The second-order valence-electron chi connectivity index (χ2n) is 4.05. The van der Waals surface area contributed by atoms with E-state index in [0.29, 0.717) is 15.5 Å². The Morgan fingerprint density at radius 3 is 2.74 bits per heavy atom. The number of ether oxygens (including phenoxy) is 1. The fraction of sp³-hybridized carbons (Fsp3) is 0.333. The third-order valence-corrected chi connectivity index (χ3v) is 2.78. The molecule has 0 aliphatic rings. The van der Waals surface area contributed by atoms with Crippen LogP contribution in [-0.4, -0.2) is 32.7 Å². The van der Waals surface area contributed by atoms with E-state index in [2.05, 4.69) is 4.74 Å². The summed E-state index contributed by atoms with van der Waals surface area (Å²) in [5, 5.41) is 2.34. The third-order valence-electron chi connectivity index (χ3n) is 2.43. The zero-order chi connectivity index (χ0) is 14.4. The molecule has 1 unspecified atom stereocenters. The predicted molar refractivity (Wildman–Crippen MR) is 67.4 cm³/mol. The van der Waals surface area contributed by atoms with Crippen molar-refractivity contribution in [3.8, 4) is 0 Å². The fourth-order valence-electron chi connectivity index (χ4n) is 1.55. The van der Waals surface area contributed by atoms with Gasteiger partial charge in [0.05, 0.1) is 24.7 Å². The van der Waals surface area contributed by atoms with Gasteiger partial charge in [-0.3, -0.25) is 10.1 Å². The number of benzene rings is 1. The van der Waals surface area contributed by atoms with Crippen LogP contribution in [-0.2, 0) is 16.1 Å². The number of carbonyl (C=O) groups excluding carboxylic acids is 2. The lowest BCUT2D eigenvalue weighted by Crippen LogP contribution is -3.09. The molecule has 0 aromatic heterocycles. The van der Waals surface area contributed by atoms with Crippen LogP contribution in [0, 0.1) is 5.82 Å². The Morgan fingerprint density at radius 2 is 2.16 bits per heavy atom. The summed E-state index contributed by atoms with van der Waals surface area (Å²) in [6.07, 6.45) is -0.818. The number of imide groups is 1. The molecular weight excluding hydrogens is 275 g/mol. The summed E-state index contributed by atoms with van der Waals surface area (Å²) >= 11 is 5.89. The van der Waals surface area contributed by atoms with Crippen molar-refractivity contribution < 1.29 is 23.6 Å². The maximum absolute atomic E-state index is 13.5. The molecule has 0 saturated heterocycles. The van der Waals surface area contributed by atoms with Crippen molar-refractivity contribution in [3.05, 3.63) is 34.6 Å². The summed E-state index contributed by atoms with van der Waals surface area (Å²) in [6.45, 7) is 0.236. The zero-order valence-corrected chi connectivity index (χ0v) is 11.4. The maximum atomic E-state index is 13.5. The minimum atomic E-state index is -0.818. The van der Waals surface area contributed by atoms with Gasteiger partial charge < -0.3 is 9.64 Å². The van der Waals surface area contributed by atoms with Gasteiger partial charge in [0.1, 0.15) is 12.4 Å². The molecular formula is C12H15ClFN2O3+. The number of likely N-dealkylation sites (N-methyl/N-ethyl adjacent to an activating group) is 1. The van der Waals surface area contributed by atoms with Gasteiger partial charge in [-0.2, -0.15) is 0 Å². The van der Waals surface area contributed by atoms with Crippen molar-refractivity contribution in [1.29, 1.82) is 0 Å². The van der Waals surface area contributed by atoms with Gasteiger partial charge in [0.15, 0.2) is 6.54 Å². The monoisotopic (exact) mass is 289 g/mol. The van der Waals surface area contributed by atoms with Crippen LogP contribution in [0.1, 0.15) is 5.56 Å². The summed E-state index contributed by atoms with van der Waals surface area (Å²) in [5.41, 5.74) is 0.340. The van der Waals surface area contributed by atoms with Crippen molar-refractivity contribution in [2.45, 2.75) is 6.54 Å². The van der Waals surface area contributed by atoms with E-state index in [1.165, 1.54) is 12.1 Å². The summed E-state index contributed by atoms with van der Waals surface area (Å²) in [5.74, 6) is -0.919. The van der Waals surface area contributed by atoms with Gasteiger partial charge in [0, 0.05) is 0 Å². The number of methoxy groups -OCH3 is 1. The van der Waals surface area contributed by atoms with E-state index < -0.39 is 17.8 Å². The molecule has 7 heteroatoms. The van der Waals surface area contributed by atoms with Crippen molar-refractivity contribution in [3.63, 3.8) is 0 Å². The van der Waals surface area contributed by atoms with Crippen molar-refractivity contribution in [2.24, 2.45) is 0 Å². The van der Waals surface area contributed by atoms with Crippen LogP contribution >= 0.6 is 11.6 Å². The third kappa shape index (κ3) is 4.84. The Labute approximate surface area is 115 Å². The molecule has 0 bridgehead atoms. The molecule has 2 N–H and O–H groups in total. The zero-order valence-electron chi connectivity index (χ0n) is 10.6. The average molecular weight is 290 g/mol. The Kier molecular flexibility index (Phi) is 5.72. The number of carbonyl (C=O) groups is 2. The molecule has 1 aromatic rings. The molecule has 0 heterocycles. The van der Waals surface area contributed by atoms with Crippen LogP contribution in [0.25, 0.3) is 0 Å². The first-order valence-corrected chi connectivity index (χ1v) is 5.93. The fourth-order valence-corrected chi connectivity index (χ4v) is 1.78. The summed E-state index contributed by atoms with van der Waals surface area (Å²) in [7, 11) is 2.86. The first kappa shape index (κ1) is 15.4. The van der Waals surface area contributed by atoms with Crippen LogP contribution in [0.3, 0.4) is 0 Å². The molecule has 19 heavy (non-hydrogen) atoms. The molecule has 0 spiro atoms. The van der Waals surface area contributed by atoms with Crippen molar-refractivity contribution >= 4 is 23.6 Å². The molecule has 104 valence electrons. The molecule has 1 rings (SSSR count). The standard InChI is InChI=1S/C12H14ClFN2O3/c1-16(7-11(17)15-12(18)19-2)6-8-9(13)4-3-5-10(8)14/h3-5H,6-7H2,1-2H3,(H,15,17,18)/p+1. The molecule has 0 saturated carbocycles. The van der Waals surface area contributed by atoms with Crippen LogP contribution < -0.4 is 10.2 Å². The quantitative estimate of drug-likeness (QED) is 0.842. The number of hydrogen-bond acceptors (Lipinski definition) is 3. The van der Waals surface area contributed by atoms with E-state index >= 15 is 0 Å². The van der Waals surface area contributed by atoms with E-state index in [1.54, 1.807) is 13.1 Å². The number of quaternary nitrogens is 1. The van der Waals surface area contributed by atoms with Gasteiger partial charge in [-0.05, 0) is 12.1 Å². The normalized spacial score (nSPS) is 11.8. The molecule has 1 atom stereocenters. The lowest BCUT2D eigenvalue weighted by atomic mass is 10.2. The van der Waals surface area contributed by atoms with E-state index in [-0.39, 0.29) is 13.1 Å². The summed E-state index contributed by atoms with van der Waals surface area (Å²) in [4.78, 5) is 22.9. The molecule has 0 radical (unpaired) electrons. The highest BCUT2D eigenvalue weighted by Gasteiger charge is 2.16. The second kappa shape index (κ2) is 7.06. The van der Waals surface area contributed by atoms with Crippen molar-refractivity contribution in [2.75, 3.05) is 20.7 Å². The minimum Gasteiger partial charge on any atom is -0.453 e. The first-order valence-electron chi connectivity index (χ1n) is 5.56. The molecule has 0 aliphatic carbocycles. The smallest absolute Gasteiger partial charge is 0.413 e. The molecule has 0 fully saturated rings. The average Bonchev–Trinajstić information content (AvgIpc) is 2.33. The predicted octanol–water partition coefficient (Wildman–Crippen LogP) is 0.376. The lowest BCUT2D eigenvalue weighted by Gasteiger charge is -2.14. The summed E-state index contributed by atoms with van der Waals surface area (Å²) < 4.78 is 17.8. The van der Waals surface area contributed by atoms with Crippen LogP contribution in [0.15, 0.2) is 18.2 Å². The highest BCUT2D eigenvalue weighted by atomic mass is 35.5. The van der Waals surface area contributed by atoms with Gasteiger partial charge in [0.2, 0.25) is 0 Å². The number of hydrogen-bond donors (Lipinski definition) is 2. The van der Waals surface area contributed by atoms with Crippen LogP contribution in [0.2, 0.25) is 5.02 Å². The molecule has 5 nitrogen and oxygen atoms in total. The van der Waals surface area contributed by atoms with E-state index in [4.69, 9.17) is 11.6 Å². The highest BCUT2D eigenvalue weighted by Crippen LogP contribution is 2.17. The SMILES string of the molecule is COC(=O)NC(=O)C[NH+](C)Cc1c(F)cccc1Cl. The Balaban J connectivity index is 2.58. The number of rotatable bonds is 4. The molecule has 2 amide bonds. The van der Waals surface area contributed by atoms with E-state index in [9.17, 15) is 14.0 Å². The van der Waals surface area contributed by atoms with Crippen LogP contribution in [0.4, 0.5) is 9.18 Å². The van der Waals surface area contributed by atoms with E-state index in [0.717, 1.165) is 7.11 Å². The number of alkyl carbamates (subject to hydrolysis) is 1. The van der Waals surface area contributed by atoms with Gasteiger partial charge in [-0.15, -0.1) is 0 Å². The second-order valence-corrected chi connectivity index (χ2v) is 4.46. The van der Waals surface area contributed by atoms with Gasteiger partial charge in [-0.1, -0.05) is 17.7 Å². The molecule has 0 aliphatic heterocycles. The summed E-state index contributed by atoms with van der Waals surface area (Å²) in [6, 6.07) is 4.41. The largest absolute Gasteiger partial charge is 0.453 e. The van der Waals surface area contributed by atoms with Gasteiger partial charge in [-0.25, -0.2) is 9.18 Å². The first-order chi connectivity index (χ1) is 8.93. The lowest BCUT2D eigenvalue weighted by molar-refractivity contribution is -0.885. The number of halogens is 2. The van der Waals surface area contributed by atoms with Crippen LogP contribution in [0.5, 0.6) is 0 Å². The molecule has 1 aromatic carbocycles.